The van der Waals surface area contributed by atoms with Gasteiger partial charge in [0.2, 0.25) is 0 Å². The van der Waals surface area contributed by atoms with E-state index < -0.39 is 18.2 Å². The number of ketones is 1. The Morgan fingerprint density at radius 2 is 1.62 bits per heavy atom. The maximum Gasteiger partial charge on any atom is 0.407 e. The van der Waals surface area contributed by atoms with Gasteiger partial charge >= 0.3 is 6.09 Å². The highest BCUT2D eigenvalue weighted by Crippen LogP contribution is 2.30. The van der Waals surface area contributed by atoms with E-state index in [0.717, 1.165) is 50.6 Å². The Labute approximate surface area is 286 Å². The molecule has 1 unspecified atom stereocenters. The number of aromatic nitrogens is 2. The Morgan fingerprint density at radius 1 is 0.958 bits per heavy atom. The smallest absolute Gasteiger partial charge is 0.407 e. The Morgan fingerprint density at radius 3 is 2.19 bits per heavy atom. The summed E-state index contributed by atoms with van der Waals surface area (Å²) < 4.78 is 5.86. The summed E-state index contributed by atoms with van der Waals surface area (Å²) in [6.07, 6.45) is 5.29. The number of carbonyl (C=O) groups excluding carboxylic acids is 2. The van der Waals surface area contributed by atoms with Crippen molar-refractivity contribution in [3.05, 3.63) is 88.4 Å². The lowest BCUT2D eigenvalue weighted by Gasteiger charge is -2.39. The summed E-state index contributed by atoms with van der Waals surface area (Å²) in [5, 5.41) is 12.4. The van der Waals surface area contributed by atoms with Crippen molar-refractivity contribution in [3.63, 3.8) is 0 Å². The minimum atomic E-state index is -1.13. The van der Waals surface area contributed by atoms with Gasteiger partial charge in [0, 0.05) is 34.9 Å². The van der Waals surface area contributed by atoms with Crippen LogP contribution in [0, 0.1) is 5.92 Å². The first-order valence-corrected chi connectivity index (χ1v) is 17.3. The lowest BCUT2D eigenvalue weighted by Crippen LogP contribution is -2.60. The molecule has 2 atom stereocenters. The molecule has 1 aliphatic rings. The molecule has 10 heteroatoms. The number of rotatable bonds is 13. The summed E-state index contributed by atoms with van der Waals surface area (Å²) in [5.74, 6) is 1.43. The Balaban J connectivity index is 1.25. The van der Waals surface area contributed by atoms with Gasteiger partial charge in [-0.05, 0) is 72.4 Å². The molecule has 2 aromatic heterocycles. The Bertz CT molecular complexity index is 1710. The van der Waals surface area contributed by atoms with E-state index in [1.165, 1.54) is 11.3 Å². The number of hydrogen-bond donors (Lipinski definition) is 2. The van der Waals surface area contributed by atoms with Crippen molar-refractivity contribution in [2.45, 2.75) is 77.8 Å². The van der Waals surface area contributed by atoms with Gasteiger partial charge in [-0.25, -0.2) is 14.8 Å². The van der Waals surface area contributed by atoms with Crippen LogP contribution in [-0.2, 0) is 16.6 Å². The van der Waals surface area contributed by atoms with Crippen molar-refractivity contribution < 1.29 is 24.2 Å². The van der Waals surface area contributed by atoms with Gasteiger partial charge in [0.15, 0.2) is 11.6 Å². The summed E-state index contributed by atoms with van der Waals surface area (Å²) in [4.78, 5) is 50.4. The van der Waals surface area contributed by atoms with E-state index in [0.29, 0.717) is 36.2 Å². The number of thiophene rings is 1. The molecule has 0 aliphatic carbocycles. The number of Topliss-reactive ketones (excluding diaryl/α,β-unsaturated/α-hetero) is 1. The van der Waals surface area contributed by atoms with Crippen LogP contribution in [0.3, 0.4) is 0 Å². The second-order valence-corrected chi connectivity index (χ2v) is 14.8. The standard InChI is InChI=1S/C38H44N4O5S/c1-24(2)7-6-20-47-29-14-12-26(13-15-29)28-22-39-35(40-23-28)27-10-8-25(9-11-27)21-30(34(43)31-18-19-42(31)37(45)46)41-36(44)32-16-17-33(48-32)38(3,4)5/h8-17,22-24,30-31H,6-7,18-21H2,1-5H3,(H,41,44)(H,45,46)/t30?,31-/m0/s1. The van der Waals surface area contributed by atoms with Crippen molar-refractivity contribution in [1.82, 2.24) is 20.2 Å². The number of nitrogens with one attached hydrogen (secondary N) is 1. The zero-order valence-electron chi connectivity index (χ0n) is 28.2. The fraction of sp³-hybridized carbons (Fsp3) is 0.395. The van der Waals surface area contributed by atoms with Crippen molar-refractivity contribution in [3.8, 4) is 28.3 Å². The van der Waals surface area contributed by atoms with Crippen LogP contribution in [0.1, 0.15) is 74.0 Å². The minimum Gasteiger partial charge on any atom is -0.494 e. The van der Waals surface area contributed by atoms with E-state index in [2.05, 4.69) is 49.9 Å². The molecular weight excluding hydrogens is 625 g/mol. The predicted octanol–water partition coefficient (Wildman–Crippen LogP) is 7.65. The van der Waals surface area contributed by atoms with Gasteiger partial charge in [-0.3, -0.25) is 14.5 Å². The van der Waals surface area contributed by atoms with Crippen LogP contribution in [0.2, 0.25) is 0 Å². The molecule has 3 heterocycles. The zero-order valence-corrected chi connectivity index (χ0v) is 29.0. The van der Waals surface area contributed by atoms with Crippen molar-refractivity contribution >= 4 is 29.1 Å². The first kappa shape index (κ1) is 34.8. The van der Waals surface area contributed by atoms with E-state index in [9.17, 15) is 19.5 Å². The van der Waals surface area contributed by atoms with Crippen LogP contribution in [-0.4, -0.2) is 63.0 Å². The number of carboxylic acid groups (broad SMARTS) is 1. The van der Waals surface area contributed by atoms with Gasteiger partial charge in [-0.15, -0.1) is 11.3 Å². The summed E-state index contributed by atoms with van der Waals surface area (Å²) >= 11 is 1.40. The molecule has 0 spiro atoms. The lowest BCUT2D eigenvalue weighted by molar-refractivity contribution is -0.129. The summed E-state index contributed by atoms with van der Waals surface area (Å²) in [5.41, 5.74) is 3.42. The molecule has 5 rings (SSSR count). The maximum absolute atomic E-state index is 13.6. The zero-order chi connectivity index (χ0) is 34.4. The fourth-order valence-corrected chi connectivity index (χ4v) is 6.50. The Hall–Kier alpha value is -4.57. The highest BCUT2D eigenvalue weighted by molar-refractivity contribution is 7.14. The lowest BCUT2D eigenvalue weighted by atomic mass is 9.90. The summed E-state index contributed by atoms with van der Waals surface area (Å²) in [6, 6.07) is 17.5. The number of hydrogen-bond acceptors (Lipinski definition) is 7. The predicted molar refractivity (Wildman–Crippen MR) is 189 cm³/mol. The van der Waals surface area contributed by atoms with E-state index in [4.69, 9.17) is 4.74 Å². The molecule has 2 aromatic carbocycles. The molecular formula is C38H44N4O5S. The molecule has 1 saturated heterocycles. The highest BCUT2D eigenvalue weighted by Gasteiger charge is 2.41. The van der Waals surface area contributed by atoms with Crippen molar-refractivity contribution in [1.29, 1.82) is 0 Å². The molecule has 0 radical (unpaired) electrons. The van der Waals surface area contributed by atoms with Crippen LogP contribution in [0.5, 0.6) is 5.75 Å². The monoisotopic (exact) mass is 668 g/mol. The van der Waals surface area contributed by atoms with Crippen LogP contribution < -0.4 is 10.1 Å². The molecule has 0 saturated carbocycles. The van der Waals surface area contributed by atoms with E-state index in [-0.39, 0.29) is 23.5 Å². The maximum atomic E-state index is 13.6. The molecule has 48 heavy (non-hydrogen) atoms. The van der Waals surface area contributed by atoms with Gasteiger partial charge in [-0.2, -0.15) is 0 Å². The Kier molecular flexibility index (Phi) is 10.9. The first-order chi connectivity index (χ1) is 22.9. The molecule has 2 amide bonds. The van der Waals surface area contributed by atoms with E-state index in [1.807, 2.05) is 54.6 Å². The molecule has 252 valence electrons. The number of ether oxygens (including phenoxy) is 1. The summed E-state index contributed by atoms with van der Waals surface area (Å²) in [6.45, 7) is 11.7. The quantitative estimate of drug-likeness (QED) is 0.140. The SMILES string of the molecule is CC(C)CCCOc1ccc(-c2cnc(-c3ccc(CC(NC(=O)c4ccc(C(C)(C)C)s4)C(=O)[C@@H]4CCN4C(=O)O)cc3)nc2)cc1. The van der Waals surface area contributed by atoms with Gasteiger partial charge in [0.25, 0.3) is 5.91 Å². The average molecular weight is 669 g/mol. The van der Waals surface area contributed by atoms with Gasteiger partial charge in [-0.1, -0.05) is 71.0 Å². The first-order valence-electron chi connectivity index (χ1n) is 16.5. The van der Waals surface area contributed by atoms with Crippen molar-refractivity contribution in [2.75, 3.05) is 13.2 Å². The third-order valence-corrected chi connectivity index (χ3v) is 10.0. The highest BCUT2D eigenvalue weighted by atomic mass is 32.1. The number of benzene rings is 2. The second-order valence-electron chi connectivity index (χ2n) is 13.7. The van der Waals surface area contributed by atoms with Crippen LogP contribution in [0.15, 0.2) is 73.1 Å². The molecule has 0 bridgehead atoms. The van der Waals surface area contributed by atoms with Gasteiger partial charge in [0.1, 0.15) is 5.75 Å². The largest absolute Gasteiger partial charge is 0.494 e. The number of nitrogens with zero attached hydrogens (tertiary/aromatic N) is 3. The van der Waals surface area contributed by atoms with E-state index in [1.54, 1.807) is 18.5 Å². The molecule has 2 N–H and O–H groups in total. The number of carbonyl (C=O) groups is 3. The van der Waals surface area contributed by atoms with Crippen LogP contribution >= 0.6 is 11.3 Å². The molecule has 1 aliphatic heterocycles. The van der Waals surface area contributed by atoms with Crippen molar-refractivity contribution in [2.24, 2.45) is 5.92 Å². The molecule has 4 aromatic rings. The number of likely N-dealkylation sites (tertiary alicyclic amines) is 1. The fourth-order valence-electron chi connectivity index (χ4n) is 5.54. The topological polar surface area (TPSA) is 122 Å². The summed E-state index contributed by atoms with van der Waals surface area (Å²) in [7, 11) is 0. The van der Waals surface area contributed by atoms with Gasteiger partial charge in [0.05, 0.1) is 23.6 Å². The van der Waals surface area contributed by atoms with Crippen LogP contribution in [0.25, 0.3) is 22.5 Å². The van der Waals surface area contributed by atoms with Gasteiger partial charge < -0.3 is 15.2 Å². The normalized spacial score (nSPS) is 15.1. The third kappa shape index (κ3) is 8.66. The van der Waals surface area contributed by atoms with E-state index >= 15 is 0 Å². The second kappa shape index (κ2) is 15.1. The minimum absolute atomic E-state index is 0.106. The number of amides is 2. The molecule has 1 fully saturated rings. The van der Waals surface area contributed by atoms with Crippen LogP contribution in [0.4, 0.5) is 4.79 Å². The third-order valence-electron chi connectivity index (χ3n) is 8.50. The average Bonchev–Trinajstić information content (AvgIpc) is 3.55. The molecule has 9 nitrogen and oxygen atoms in total.